The quantitative estimate of drug-likeness (QED) is 0.708. The molecule has 0 saturated carbocycles. The van der Waals surface area contributed by atoms with Crippen molar-refractivity contribution in [3.05, 3.63) is 23.8 Å². The van der Waals surface area contributed by atoms with Crippen molar-refractivity contribution in [1.29, 1.82) is 0 Å². The average Bonchev–Trinajstić information content (AvgIpc) is 3.14. The fraction of sp³-hybridized carbons (Fsp3) is 0.500. The standard InChI is InChI=1S/C10H11FN6O3.C2H6O/c11-7(1-2-16-4-8(6-18)12-14-16)3-17-5-9(10(19)20)13-15-17;1-3-2/h4-7H,1-3H2,(H,19,20);1-2H3. The van der Waals surface area contributed by atoms with Gasteiger partial charge in [0, 0.05) is 27.2 Å². The smallest absolute Gasteiger partial charge is 0.358 e. The van der Waals surface area contributed by atoms with Gasteiger partial charge in [0.05, 0.1) is 18.9 Å². The number of carbonyl (C=O) groups is 2. The Morgan fingerprint density at radius 3 is 2.52 bits per heavy atom. The van der Waals surface area contributed by atoms with Crippen LogP contribution in [0.3, 0.4) is 0 Å². The van der Waals surface area contributed by atoms with Crippen molar-refractivity contribution in [3.63, 3.8) is 0 Å². The van der Waals surface area contributed by atoms with Gasteiger partial charge in [0.25, 0.3) is 0 Å². The van der Waals surface area contributed by atoms with Gasteiger partial charge in [-0.15, -0.1) is 10.2 Å². The maximum absolute atomic E-state index is 13.7. The summed E-state index contributed by atoms with van der Waals surface area (Å²) in [7, 11) is 3.25. The summed E-state index contributed by atoms with van der Waals surface area (Å²) in [6.45, 7) is 0.151. The predicted octanol–water partition coefficient (Wildman–Crippen LogP) is 0.0713. The van der Waals surface area contributed by atoms with E-state index in [-0.39, 0.29) is 30.9 Å². The third kappa shape index (κ3) is 6.30. The van der Waals surface area contributed by atoms with Crippen LogP contribution in [0.4, 0.5) is 4.39 Å². The molecule has 1 N–H and O–H groups in total. The topological polar surface area (TPSA) is 125 Å². The number of aromatic carboxylic acids is 1. The minimum atomic E-state index is -1.25. The minimum absolute atomic E-state index is 0.102. The van der Waals surface area contributed by atoms with Crippen LogP contribution >= 0.6 is 0 Å². The predicted molar refractivity (Wildman–Crippen MR) is 74.8 cm³/mol. The van der Waals surface area contributed by atoms with E-state index in [1.165, 1.54) is 10.9 Å². The molecule has 0 amide bonds. The fourth-order valence-electron chi connectivity index (χ4n) is 1.53. The van der Waals surface area contributed by atoms with Crippen LogP contribution in [-0.2, 0) is 17.8 Å². The molecular weight excluding hydrogens is 311 g/mol. The Bertz CT molecular complexity index is 629. The van der Waals surface area contributed by atoms with E-state index >= 15 is 0 Å². The summed E-state index contributed by atoms with van der Waals surface area (Å²) in [6.07, 6.45) is 2.01. The van der Waals surface area contributed by atoms with Crippen LogP contribution in [0.1, 0.15) is 27.4 Å². The molecule has 2 rings (SSSR count). The molecule has 0 spiro atoms. The first-order chi connectivity index (χ1) is 11.0. The van der Waals surface area contributed by atoms with Gasteiger partial charge in [0.15, 0.2) is 12.0 Å². The second-order valence-corrected chi connectivity index (χ2v) is 4.45. The zero-order chi connectivity index (χ0) is 17.2. The Kier molecular flexibility index (Phi) is 7.47. The van der Waals surface area contributed by atoms with Crippen LogP contribution in [-0.4, -0.2) is 67.7 Å². The maximum atomic E-state index is 13.7. The van der Waals surface area contributed by atoms with Gasteiger partial charge in [-0.1, -0.05) is 10.4 Å². The molecule has 1 atom stereocenters. The number of carbonyl (C=O) groups excluding carboxylic acids is 1. The molecule has 0 aliphatic rings. The molecule has 2 aromatic rings. The van der Waals surface area contributed by atoms with E-state index in [0.717, 1.165) is 10.9 Å². The molecule has 2 heterocycles. The van der Waals surface area contributed by atoms with E-state index in [1.54, 1.807) is 14.2 Å². The van der Waals surface area contributed by atoms with E-state index in [0.29, 0.717) is 6.29 Å². The van der Waals surface area contributed by atoms with Crippen LogP contribution in [0, 0.1) is 0 Å². The number of carboxylic acid groups (broad SMARTS) is 1. The summed E-state index contributed by atoms with van der Waals surface area (Å²) >= 11 is 0. The molecule has 11 heteroatoms. The Balaban J connectivity index is 0.000000816. The number of aldehydes is 1. The average molecular weight is 328 g/mol. The summed E-state index contributed by atoms with van der Waals surface area (Å²) < 4.78 is 20.4. The number of hydrogen-bond donors (Lipinski definition) is 1. The van der Waals surface area contributed by atoms with Gasteiger partial charge in [-0.25, -0.2) is 13.9 Å². The summed E-state index contributed by atoms with van der Waals surface area (Å²) in [6, 6.07) is 0. The number of halogens is 1. The van der Waals surface area contributed by atoms with Crippen molar-refractivity contribution in [2.75, 3.05) is 14.2 Å². The van der Waals surface area contributed by atoms with E-state index in [4.69, 9.17) is 5.11 Å². The van der Waals surface area contributed by atoms with Gasteiger partial charge in [-0.05, 0) is 0 Å². The van der Waals surface area contributed by atoms with Gasteiger partial charge >= 0.3 is 5.97 Å². The molecule has 0 aliphatic heterocycles. The van der Waals surface area contributed by atoms with Gasteiger partial charge in [0.2, 0.25) is 0 Å². The highest BCUT2D eigenvalue weighted by Gasteiger charge is 2.13. The van der Waals surface area contributed by atoms with E-state index in [9.17, 15) is 14.0 Å². The SMILES string of the molecule is COC.O=Cc1cn(CCC(F)Cn2cc(C(=O)O)nn2)nn1. The molecule has 0 saturated heterocycles. The van der Waals surface area contributed by atoms with Crippen molar-refractivity contribution < 1.29 is 23.8 Å². The normalized spacial score (nSPS) is 11.4. The molecule has 2 aromatic heterocycles. The molecule has 23 heavy (non-hydrogen) atoms. The number of nitrogens with zero attached hydrogens (tertiary/aromatic N) is 6. The van der Waals surface area contributed by atoms with E-state index in [2.05, 4.69) is 25.4 Å². The number of aryl methyl sites for hydroxylation is 1. The third-order valence-electron chi connectivity index (χ3n) is 2.49. The number of rotatable bonds is 7. The molecule has 0 aliphatic carbocycles. The zero-order valence-electron chi connectivity index (χ0n) is 12.7. The highest BCUT2D eigenvalue weighted by atomic mass is 19.1. The third-order valence-corrected chi connectivity index (χ3v) is 2.49. The molecule has 0 aromatic carbocycles. The second-order valence-electron chi connectivity index (χ2n) is 4.45. The summed E-state index contributed by atoms with van der Waals surface area (Å²) in [5.41, 5.74) is -0.0492. The van der Waals surface area contributed by atoms with Gasteiger partial charge in [-0.3, -0.25) is 9.48 Å². The van der Waals surface area contributed by atoms with Crippen molar-refractivity contribution in [3.8, 4) is 0 Å². The van der Waals surface area contributed by atoms with Gasteiger partial charge in [-0.2, -0.15) is 0 Å². The van der Waals surface area contributed by atoms with Gasteiger partial charge < -0.3 is 9.84 Å². The Hall–Kier alpha value is -2.69. The lowest BCUT2D eigenvalue weighted by Gasteiger charge is -2.07. The lowest BCUT2D eigenvalue weighted by atomic mass is 10.3. The van der Waals surface area contributed by atoms with Crippen LogP contribution < -0.4 is 0 Å². The molecule has 1 unspecified atom stereocenters. The number of hydrogen-bond acceptors (Lipinski definition) is 7. The zero-order valence-corrected chi connectivity index (χ0v) is 12.7. The highest BCUT2D eigenvalue weighted by molar-refractivity contribution is 5.84. The Morgan fingerprint density at radius 2 is 2.00 bits per heavy atom. The first-order valence-corrected chi connectivity index (χ1v) is 6.53. The number of aromatic nitrogens is 6. The summed E-state index contributed by atoms with van der Waals surface area (Å²) in [4.78, 5) is 21.0. The lowest BCUT2D eigenvalue weighted by Crippen LogP contribution is -2.15. The minimum Gasteiger partial charge on any atom is -0.476 e. The number of alkyl halides is 1. The van der Waals surface area contributed by atoms with E-state index in [1.807, 2.05) is 0 Å². The Labute approximate surface area is 130 Å². The monoisotopic (exact) mass is 328 g/mol. The second kappa shape index (κ2) is 9.35. The van der Waals surface area contributed by atoms with Gasteiger partial charge in [0.1, 0.15) is 11.9 Å². The van der Waals surface area contributed by atoms with Crippen LogP contribution in [0.25, 0.3) is 0 Å². The molecule has 0 bridgehead atoms. The molecular formula is C12H17FN6O4. The van der Waals surface area contributed by atoms with Crippen LogP contribution in [0.2, 0.25) is 0 Å². The summed E-state index contributed by atoms with van der Waals surface area (Å²) in [5, 5.41) is 22.7. The first kappa shape index (κ1) is 18.4. The largest absolute Gasteiger partial charge is 0.476 e. The molecule has 0 fully saturated rings. The van der Waals surface area contributed by atoms with Crippen LogP contribution in [0.5, 0.6) is 0 Å². The number of methoxy groups -OCH3 is 1. The Morgan fingerprint density at radius 1 is 1.35 bits per heavy atom. The van der Waals surface area contributed by atoms with Crippen LogP contribution in [0.15, 0.2) is 12.4 Å². The summed E-state index contributed by atoms with van der Waals surface area (Å²) in [5.74, 6) is -1.21. The fourth-order valence-corrected chi connectivity index (χ4v) is 1.53. The van der Waals surface area contributed by atoms with Crippen molar-refractivity contribution in [2.45, 2.75) is 25.7 Å². The first-order valence-electron chi connectivity index (χ1n) is 6.53. The van der Waals surface area contributed by atoms with Crippen molar-refractivity contribution >= 4 is 12.3 Å². The maximum Gasteiger partial charge on any atom is 0.358 e. The van der Waals surface area contributed by atoms with Crippen molar-refractivity contribution in [1.82, 2.24) is 30.0 Å². The number of ether oxygens (including phenoxy) is 1. The molecule has 0 radical (unpaired) electrons. The molecule has 126 valence electrons. The lowest BCUT2D eigenvalue weighted by molar-refractivity contribution is 0.0690. The highest BCUT2D eigenvalue weighted by Crippen LogP contribution is 2.04. The van der Waals surface area contributed by atoms with E-state index < -0.39 is 12.1 Å². The molecule has 10 nitrogen and oxygen atoms in total. The van der Waals surface area contributed by atoms with Crippen molar-refractivity contribution in [2.24, 2.45) is 0 Å². The number of carboxylic acids is 1.